The second-order valence-corrected chi connectivity index (χ2v) is 7.80. The van der Waals surface area contributed by atoms with E-state index in [1.165, 1.54) is 19.3 Å². The molecule has 5 nitrogen and oxygen atoms in total. The molecule has 1 heterocycles. The molecule has 0 aromatic heterocycles. The smallest absolute Gasteiger partial charge is 0.224 e. The maximum Gasteiger partial charge on any atom is 0.224 e. The number of aliphatic imine (C=N–C) groups is 2. The highest BCUT2D eigenvalue weighted by atomic mass is 32.1. The lowest BCUT2D eigenvalue weighted by molar-refractivity contribution is -0.121. The summed E-state index contributed by atoms with van der Waals surface area (Å²) >= 11 is 5.19. The third kappa shape index (κ3) is 4.62. The Bertz CT molecular complexity index is 876. The Kier molecular flexibility index (Phi) is 5.76. The predicted molar refractivity (Wildman–Crippen MR) is 118 cm³/mol. The molecule has 2 N–H and O–H groups in total. The molecule has 1 amide bonds. The van der Waals surface area contributed by atoms with Crippen molar-refractivity contribution in [3.63, 3.8) is 0 Å². The minimum Gasteiger partial charge on any atom is -0.353 e. The van der Waals surface area contributed by atoms with Crippen LogP contribution in [0, 0.1) is 5.92 Å². The second kappa shape index (κ2) is 8.61. The van der Waals surface area contributed by atoms with Crippen LogP contribution in [0.5, 0.6) is 0 Å². The molecule has 1 fully saturated rings. The lowest BCUT2D eigenvalue weighted by Gasteiger charge is -2.23. The normalized spacial score (nSPS) is 21.6. The highest BCUT2D eigenvalue weighted by molar-refractivity contribution is 7.80. The maximum atomic E-state index is 12.3. The summed E-state index contributed by atoms with van der Waals surface area (Å²) < 4.78 is 0. The van der Waals surface area contributed by atoms with Crippen LogP contribution in [-0.2, 0) is 11.2 Å². The van der Waals surface area contributed by atoms with Crippen LogP contribution in [0.3, 0.4) is 0 Å². The number of carbonyl (C=O) groups excluding carboxylic acids is 1. The number of amides is 1. The molecule has 144 valence electrons. The lowest BCUT2D eigenvalue weighted by Crippen LogP contribution is -2.37. The van der Waals surface area contributed by atoms with Gasteiger partial charge in [0.05, 0.1) is 18.1 Å². The highest BCUT2D eigenvalue weighted by Crippen LogP contribution is 2.20. The van der Waals surface area contributed by atoms with E-state index in [2.05, 4.69) is 26.7 Å². The molecule has 1 saturated carbocycles. The molecule has 28 heavy (non-hydrogen) atoms. The number of rotatable bonds is 4. The minimum absolute atomic E-state index is 0.00218. The third-order valence-corrected chi connectivity index (χ3v) is 5.48. The van der Waals surface area contributed by atoms with Crippen molar-refractivity contribution in [2.75, 3.05) is 5.32 Å². The van der Waals surface area contributed by atoms with Crippen LogP contribution >= 0.6 is 12.2 Å². The quantitative estimate of drug-likeness (QED) is 0.762. The van der Waals surface area contributed by atoms with E-state index in [4.69, 9.17) is 12.2 Å². The summed E-state index contributed by atoms with van der Waals surface area (Å²) in [5.41, 5.74) is 2.82. The summed E-state index contributed by atoms with van der Waals surface area (Å²) in [4.78, 5) is 21.0. The number of amidine groups is 1. The van der Waals surface area contributed by atoms with Crippen molar-refractivity contribution >= 4 is 40.5 Å². The lowest BCUT2D eigenvalue weighted by atomic mass is 9.95. The summed E-state index contributed by atoms with van der Waals surface area (Å²) in [6.07, 6.45) is 14.3. The zero-order valence-electron chi connectivity index (χ0n) is 15.7. The summed E-state index contributed by atoms with van der Waals surface area (Å²) in [6.45, 7) is 0. The topological polar surface area (TPSA) is 65.8 Å². The molecule has 2 aliphatic carbocycles. The summed E-state index contributed by atoms with van der Waals surface area (Å²) in [6, 6.07) is 8.26. The van der Waals surface area contributed by atoms with Crippen LogP contribution in [-0.4, -0.2) is 28.6 Å². The molecule has 3 aliphatic rings. The second-order valence-electron chi connectivity index (χ2n) is 7.44. The van der Waals surface area contributed by atoms with Crippen molar-refractivity contribution in [3.8, 4) is 0 Å². The van der Waals surface area contributed by atoms with E-state index in [1.807, 2.05) is 42.5 Å². The number of hydrogen-bond donors (Lipinski definition) is 2. The Morgan fingerprint density at radius 2 is 1.86 bits per heavy atom. The average Bonchev–Trinajstić information content (AvgIpc) is 2.70. The number of nitrogens with one attached hydrogen (secondary N) is 2. The van der Waals surface area contributed by atoms with E-state index in [0.29, 0.717) is 17.6 Å². The molecule has 1 unspecified atom stereocenters. The van der Waals surface area contributed by atoms with Gasteiger partial charge in [0, 0.05) is 11.7 Å². The Balaban J connectivity index is 1.35. The van der Waals surface area contributed by atoms with Crippen molar-refractivity contribution in [1.82, 2.24) is 5.32 Å². The van der Waals surface area contributed by atoms with Gasteiger partial charge >= 0.3 is 0 Å². The zero-order valence-corrected chi connectivity index (χ0v) is 16.5. The van der Waals surface area contributed by atoms with E-state index in [1.54, 1.807) is 0 Å². The van der Waals surface area contributed by atoms with Gasteiger partial charge in [-0.1, -0.05) is 49.6 Å². The van der Waals surface area contributed by atoms with Gasteiger partial charge in [0.25, 0.3) is 0 Å². The molecule has 0 radical (unpaired) electrons. The van der Waals surface area contributed by atoms with Crippen LogP contribution < -0.4 is 10.6 Å². The Morgan fingerprint density at radius 1 is 1.07 bits per heavy atom. The molecule has 1 aliphatic heterocycles. The number of fused-ring (bicyclic) bond motifs is 1. The number of nitrogens with zero attached hydrogens (tertiary/aromatic N) is 2. The summed E-state index contributed by atoms with van der Waals surface area (Å²) in [7, 11) is 0. The fourth-order valence-electron chi connectivity index (χ4n) is 3.85. The van der Waals surface area contributed by atoms with Crippen LogP contribution in [0.4, 0.5) is 5.69 Å². The van der Waals surface area contributed by atoms with E-state index in [9.17, 15) is 4.79 Å². The SMILES string of the molecule is O=C(Cc1ccc(NC2=NC(=S)N=C3C=CC=CC32)cc1)NC1CCCCC1. The Hall–Kier alpha value is -2.60. The van der Waals surface area contributed by atoms with E-state index in [0.717, 1.165) is 35.6 Å². The van der Waals surface area contributed by atoms with Crippen molar-refractivity contribution in [3.05, 3.63) is 54.1 Å². The molecule has 0 bridgehead atoms. The number of hydrogen-bond acceptors (Lipinski definition) is 3. The van der Waals surface area contributed by atoms with Gasteiger partial charge in [-0.25, -0.2) is 9.98 Å². The predicted octanol–water partition coefficient (Wildman–Crippen LogP) is 3.97. The van der Waals surface area contributed by atoms with Crippen molar-refractivity contribution in [2.45, 2.75) is 44.6 Å². The first-order valence-corrected chi connectivity index (χ1v) is 10.3. The van der Waals surface area contributed by atoms with Gasteiger partial charge in [-0.05, 0) is 48.8 Å². The first-order valence-electron chi connectivity index (χ1n) is 9.89. The van der Waals surface area contributed by atoms with Gasteiger partial charge in [0.15, 0.2) is 0 Å². The molecular weight excluding hydrogens is 368 g/mol. The van der Waals surface area contributed by atoms with Crippen LogP contribution in [0.2, 0.25) is 0 Å². The largest absolute Gasteiger partial charge is 0.353 e. The van der Waals surface area contributed by atoms with Crippen LogP contribution in [0.1, 0.15) is 37.7 Å². The molecule has 1 aromatic rings. The zero-order chi connectivity index (χ0) is 19.3. The Labute approximate surface area is 170 Å². The van der Waals surface area contributed by atoms with Crippen molar-refractivity contribution < 1.29 is 4.79 Å². The van der Waals surface area contributed by atoms with Crippen LogP contribution in [0.15, 0.2) is 58.6 Å². The summed E-state index contributed by atoms with van der Waals surface area (Å²) in [5, 5.41) is 6.86. The van der Waals surface area contributed by atoms with Gasteiger partial charge in [-0.2, -0.15) is 0 Å². The molecule has 1 atom stereocenters. The number of allylic oxidation sites excluding steroid dienone is 3. The first-order chi connectivity index (χ1) is 13.7. The average molecular weight is 393 g/mol. The van der Waals surface area contributed by atoms with Gasteiger partial charge in [0.2, 0.25) is 11.0 Å². The van der Waals surface area contributed by atoms with Gasteiger partial charge < -0.3 is 10.6 Å². The van der Waals surface area contributed by atoms with Gasteiger partial charge in [-0.15, -0.1) is 0 Å². The molecule has 4 rings (SSSR count). The van der Waals surface area contributed by atoms with Crippen molar-refractivity contribution in [1.29, 1.82) is 0 Å². The fraction of sp³-hybridized carbons (Fsp3) is 0.364. The highest BCUT2D eigenvalue weighted by Gasteiger charge is 2.24. The molecule has 0 spiro atoms. The fourth-order valence-corrected chi connectivity index (χ4v) is 4.05. The molecule has 1 aromatic carbocycles. The minimum atomic E-state index is -0.00218. The van der Waals surface area contributed by atoms with E-state index in [-0.39, 0.29) is 11.8 Å². The number of thiocarbonyl (C=S) groups is 1. The molecule has 6 heteroatoms. The first kappa shape index (κ1) is 18.7. The van der Waals surface area contributed by atoms with Crippen LogP contribution in [0.25, 0.3) is 0 Å². The Morgan fingerprint density at radius 3 is 2.64 bits per heavy atom. The monoisotopic (exact) mass is 392 g/mol. The molecule has 0 saturated heterocycles. The number of carbonyl (C=O) groups is 1. The van der Waals surface area contributed by atoms with Gasteiger partial charge in [0.1, 0.15) is 5.84 Å². The number of anilines is 1. The van der Waals surface area contributed by atoms with Crippen molar-refractivity contribution in [2.24, 2.45) is 15.9 Å². The number of benzene rings is 1. The molecular formula is C22H24N4OS. The third-order valence-electron chi connectivity index (χ3n) is 5.30. The van der Waals surface area contributed by atoms with E-state index < -0.39 is 0 Å². The van der Waals surface area contributed by atoms with E-state index >= 15 is 0 Å². The van der Waals surface area contributed by atoms with Gasteiger partial charge in [-0.3, -0.25) is 4.79 Å². The maximum absolute atomic E-state index is 12.3. The summed E-state index contributed by atoms with van der Waals surface area (Å²) in [5.74, 6) is 0.880. The standard InChI is InChI=1S/C22H24N4OS/c27-20(23-16-6-2-1-3-7-16)14-15-10-12-17(13-11-15)24-21-18-8-4-5-9-19(18)25-22(28)26-21/h4-5,8-13,16,18H,1-3,6-7,14H2,(H,23,27)(H,24,26,28).